The molecular formula is C21H19IN2O5. The minimum Gasteiger partial charge on any atom is -0.504 e. The molecule has 2 aromatic rings. The van der Waals surface area contributed by atoms with Gasteiger partial charge in [0, 0.05) is 0 Å². The summed E-state index contributed by atoms with van der Waals surface area (Å²) >= 11 is 1.93. The van der Waals surface area contributed by atoms with Gasteiger partial charge in [-0.3, -0.25) is 14.9 Å². The number of nitrogens with zero attached hydrogens (tertiary/aromatic N) is 1. The molecule has 1 aliphatic heterocycles. The van der Waals surface area contributed by atoms with Crippen molar-refractivity contribution in [2.75, 3.05) is 11.5 Å². The number of phenolic OH excluding ortho intramolecular Hbond substituents is 1. The van der Waals surface area contributed by atoms with Crippen molar-refractivity contribution in [2.45, 2.75) is 20.3 Å². The molecule has 150 valence electrons. The Morgan fingerprint density at radius 1 is 1.14 bits per heavy atom. The Hall–Kier alpha value is -2.88. The lowest BCUT2D eigenvalue weighted by Crippen LogP contribution is -2.54. The summed E-state index contributed by atoms with van der Waals surface area (Å²) in [5, 5.41) is 12.3. The predicted octanol–water partition coefficient (Wildman–Crippen LogP) is 3.62. The number of imide groups is 2. The Morgan fingerprint density at radius 2 is 1.83 bits per heavy atom. The van der Waals surface area contributed by atoms with Crippen LogP contribution in [0.4, 0.5) is 10.5 Å². The molecule has 1 saturated heterocycles. The number of aromatic hydroxyl groups is 1. The van der Waals surface area contributed by atoms with E-state index in [2.05, 4.69) is 5.32 Å². The quantitative estimate of drug-likeness (QED) is 0.367. The van der Waals surface area contributed by atoms with Gasteiger partial charge in [-0.15, -0.1) is 0 Å². The van der Waals surface area contributed by atoms with Gasteiger partial charge in [0.15, 0.2) is 11.5 Å². The second-order valence-corrected chi connectivity index (χ2v) is 7.42. The topological polar surface area (TPSA) is 95.9 Å². The number of carbonyl (C=O) groups is 3. The second-order valence-electron chi connectivity index (χ2n) is 6.26. The van der Waals surface area contributed by atoms with Crippen LogP contribution in [0.1, 0.15) is 25.0 Å². The normalized spacial score (nSPS) is 15.6. The van der Waals surface area contributed by atoms with Gasteiger partial charge in [0.05, 0.1) is 15.9 Å². The average Bonchev–Trinajstić information content (AvgIpc) is 2.69. The van der Waals surface area contributed by atoms with Crippen LogP contribution in [-0.2, 0) is 16.0 Å². The third-order valence-electron chi connectivity index (χ3n) is 4.37. The fourth-order valence-corrected chi connectivity index (χ4v) is 3.51. The van der Waals surface area contributed by atoms with Crippen LogP contribution in [0.2, 0.25) is 0 Å². The Morgan fingerprint density at radius 3 is 2.45 bits per heavy atom. The van der Waals surface area contributed by atoms with Gasteiger partial charge in [0.1, 0.15) is 5.57 Å². The van der Waals surface area contributed by atoms with Crippen molar-refractivity contribution >= 4 is 52.2 Å². The Bertz CT molecular complexity index is 1010. The van der Waals surface area contributed by atoms with Crippen LogP contribution in [0.25, 0.3) is 6.08 Å². The van der Waals surface area contributed by atoms with Crippen molar-refractivity contribution < 1.29 is 24.2 Å². The number of amides is 4. The van der Waals surface area contributed by atoms with Gasteiger partial charge in [-0.2, -0.15) is 0 Å². The van der Waals surface area contributed by atoms with Crippen LogP contribution in [0.3, 0.4) is 0 Å². The van der Waals surface area contributed by atoms with E-state index in [1.807, 2.05) is 41.6 Å². The lowest BCUT2D eigenvalue weighted by molar-refractivity contribution is -0.122. The summed E-state index contributed by atoms with van der Waals surface area (Å²) in [4.78, 5) is 38.5. The number of rotatable bonds is 5. The Labute approximate surface area is 181 Å². The maximum absolute atomic E-state index is 13.0. The molecule has 3 rings (SSSR count). The molecule has 1 aliphatic rings. The highest BCUT2D eigenvalue weighted by molar-refractivity contribution is 14.1. The summed E-state index contributed by atoms with van der Waals surface area (Å²) in [7, 11) is 0. The van der Waals surface area contributed by atoms with Crippen molar-refractivity contribution in [3.05, 3.63) is 56.7 Å². The highest BCUT2D eigenvalue weighted by atomic mass is 127. The maximum atomic E-state index is 13.0. The van der Waals surface area contributed by atoms with Crippen LogP contribution in [0, 0.1) is 3.57 Å². The zero-order valence-electron chi connectivity index (χ0n) is 15.9. The lowest BCUT2D eigenvalue weighted by atomic mass is 10.1. The van der Waals surface area contributed by atoms with Crippen LogP contribution < -0.4 is 15.0 Å². The standard InChI is InChI=1S/C21H19IN2O5/c1-3-12-5-7-14(8-6-12)24-20(27)15(19(26)23-21(24)28)9-13-10-16(22)18(25)17(11-13)29-4-2/h5-11,25H,3-4H2,1-2H3,(H,23,26,28). The molecule has 2 N–H and O–H groups in total. The number of hydrogen-bond acceptors (Lipinski definition) is 5. The molecule has 1 heterocycles. The van der Waals surface area contributed by atoms with Crippen molar-refractivity contribution in [1.29, 1.82) is 0 Å². The van der Waals surface area contributed by atoms with Crippen molar-refractivity contribution in [1.82, 2.24) is 5.32 Å². The van der Waals surface area contributed by atoms with E-state index in [0.717, 1.165) is 16.9 Å². The zero-order valence-corrected chi connectivity index (χ0v) is 18.0. The molecule has 0 spiro atoms. The number of hydrogen-bond donors (Lipinski definition) is 2. The monoisotopic (exact) mass is 506 g/mol. The average molecular weight is 506 g/mol. The number of halogens is 1. The number of carbonyl (C=O) groups excluding carboxylic acids is 3. The molecule has 0 aromatic heterocycles. The van der Waals surface area contributed by atoms with E-state index >= 15 is 0 Å². The van der Waals surface area contributed by atoms with Gasteiger partial charge in [0.2, 0.25) is 0 Å². The largest absolute Gasteiger partial charge is 0.504 e. The minimum atomic E-state index is -0.795. The van der Waals surface area contributed by atoms with Gasteiger partial charge in [0.25, 0.3) is 11.8 Å². The summed E-state index contributed by atoms with van der Waals surface area (Å²) < 4.78 is 5.90. The van der Waals surface area contributed by atoms with Crippen LogP contribution in [0.5, 0.6) is 11.5 Å². The molecule has 29 heavy (non-hydrogen) atoms. The van der Waals surface area contributed by atoms with Gasteiger partial charge >= 0.3 is 6.03 Å². The van der Waals surface area contributed by atoms with Gasteiger partial charge in [-0.25, -0.2) is 9.69 Å². The fourth-order valence-electron chi connectivity index (χ4n) is 2.88. The van der Waals surface area contributed by atoms with Crippen molar-refractivity contribution in [3.8, 4) is 11.5 Å². The molecule has 0 aliphatic carbocycles. The summed E-state index contributed by atoms with van der Waals surface area (Å²) in [5.41, 5.74) is 1.74. The molecule has 2 aromatic carbocycles. The Kier molecular flexibility index (Phi) is 6.21. The van der Waals surface area contributed by atoms with Crippen LogP contribution in [-0.4, -0.2) is 29.6 Å². The zero-order chi connectivity index (χ0) is 21.1. The lowest BCUT2D eigenvalue weighted by Gasteiger charge is -2.26. The molecule has 8 heteroatoms. The van der Waals surface area contributed by atoms with E-state index in [0.29, 0.717) is 21.4 Å². The van der Waals surface area contributed by atoms with Gasteiger partial charge < -0.3 is 9.84 Å². The first kappa shape index (κ1) is 20.8. The number of barbiturate groups is 1. The van der Waals surface area contributed by atoms with Crippen LogP contribution in [0.15, 0.2) is 42.0 Å². The first-order chi connectivity index (χ1) is 13.8. The number of urea groups is 1. The highest BCUT2D eigenvalue weighted by Gasteiger charge is 2.36. The van der Waals surface area contributed by atoms with Gasteiger partial charge in [-0.1, -0.05) is 19.1 Å². The van der Waals surface area contributed by atoms with E-state index in [1.165, 1.54) is 12.1 Å². The van der Waals surface area contributed by atoms with Crippen molar-refractivity contribution in [3.63, 3.8) is 0 Å². The second kappa shape index (κ2) is 8.64. The first-order valence-corrected chi connectivity index (χ1v) is 10.1. The number of anilines is 1. The SMILES string of the molecule is CCOc1cc(C=C2C(=O)NC(=O)N(c3ccc(CC)cc3)C2=O)cc(I)c1O. The smallest absolute Gasteiger partial charge is 0.335 e. The van der Waals surface area contributed by atoms with Gasteiger partial charge in [-0.05, 0) is 77.4 Å². The Balaban J connectivity index is 2.01. The number of aryl methyl sites for hydroxylation is 1. The van der Waals surface area contributed by atoms with Crippen LogP contribution >= 0.6 is 22.6 Å². The molecule has 0 atom stereocenters. The minimum absolute atomic E-state index is 0.0122. The summed E-state index contributed by atoms with van der Waals surface area (Å²) in [5.74, 6) is -1.26. The molecule has 0 unspecified atom stereocenters. The first-order valence-electron chi connectivity index (χ1n) is 9.01. The third-order valence-corrected chi connectivity index (χ3v) is 5.19. The van der Waals surface area contributed by atoms with E-state index in [-0.39, 0.29) is 17.1 Å². The molecule has 0 bridgehead atoms. The number of ether oxygens (including phenoxy) is 1. The molecule has 0 radical (unpaired) electrons. The van der Waals surface area contributed by atoms with E-state index < -0.39 is 17.8 Å². The summed E-state index contributed by atoms with van der Waals surface area (Å²) in [6, 6.07) is 9.34. The number of nitrogens with one attached hydrogen (secondary N) is 1. The molecular weight excluding hydrogens is 487 g/mol. The van der Waals surface area contributed by atoms with E-state index in [9.17, 15) is 19.5 Å². The number of benzene rings is 2. The van der Waals surface area contributed by atoms with E-state index in [4.69, 9.17) is 4.74 Å². The summed E-state index contributed by atoms with van der Waals surface area (Å²) in [6.07, 6.45) is 2.20. The maximum Gasteiger partial charge on any atom is 0.335 e. The summed E-state index contributed by atoms with van der Waals surface area (Å²) in [6.45, 7) is 4.13. The third kappa shape index (κ3) is 4.26. The molecule has 1 fully saturated rings. The highest BCUT2D eigenvalue weighted by Crippen LogP contribution is 2.34. The molecule has 0 saturated carbocycles. The number of phenols is 1. The predicted molar refractivity (Wildman–Crippen MR) is 117 cm³/mol. The molecule has 7 nitrogen and oxygen atoms in total. The molecule has 4 amide bonds. The van der Waals surface area contributed by atoms with E-state index in [1.54, 1.807) is 25.1 Å². The fraction of sp³-hybridized carbons (Fsp3) is 0.190. The van der Waals surface area contributed by atoms with Crippen molar-refractivity contribution in [2.24, 2.45) is 0 Å².